The molecule has 0 aliphatic carbocycles. The number of hydrazone groups is 1. The van der Waals surface area contributed by atoms with E-state index < -0.39 is 5.97 Å². The van der Waals surface area contributed by atoms with Gasteiger partial charge in [0.15, 0.2) is 11.5 Å². The number of anilines is 1. The van der Waals surface area contributed by atoms with E-state index in [-0.39, 0.29) is 0 Å². The number of carbonyl (C=O) groups excluding carboxylic acids is 1. The number of hydrogen-bond donors (Lipinski definition) is 1. The van der Waals surface area contributed by atoms with Gasteiger partial charge in [0.1, 0.15) is 0 Å². The molecule has 0 spiro atoms. The lowest BCUT2D eigenvalue weighted by atomic mass is 10.1. The number of ether oxygens (including phenoxy) is 2. The van der Waals surface area contributed by atoms with Crippen LogP contribution in [0.4, 0.5) is 5.13 Å². The minimum absolute atomic E-state index is 0.325. The molecule has 0 radical (unpaired) electrons. The standard InChI is InChI=1S/C25H20BrN3O3S/c1-16-23(18-8-4-3-5-9-18)28-25(33-16)29-27-15-17-12-13-21(22(14-17)31-2)32-24(30)19-10-6-7-11-20(19)26/h3-15H,1-2H3,(H,28,29)/b27-15+. The summed E-state index contributed by atoms with van der Waals surface area (Å²) in [6, 6.07) is 22.3. The zero-order chi connectivity index (χ0) is 23.2. The highest BCUT2D eigenvalue weighted by atomic mass is 79.9. The second-order valence-corrected chi connectivity index (χ2v) is 9.00. The molecule has 4 aromatic rings. The smallest absolute Gasteiger partial charge is 0.344 e. The van der Waals surface area contributed by atoms with Crippen LogP contribution in [-0.2, 0) is 0 Å². The van der Waals surface area contributed by atoms with Crippen molar-refractivity contribution in [2.75, 3.05) is 12.5 Å². The van der Waals surface area contributed by atoms with E-state index in [4.69, 9.17) is 9.47 Å². The number of carbonyl (C=O) groups is 1. The fourth-order valence-electron chi connectivity index (χ4n) is 3.10. The molecule has 1 heterocycles. The van der Waals surface area contributed by atoms with Crippen molar-refractivity contribution >= 4 is 44.6 Å². The molecule has 0 amide bonds. The first-order valence-corrected chi connectivity index (χ1v) is 11.6. The zero-order valence-electron chi connectivity index (χ0n) is 17.9. The maximum Gasteiger partial charge on any atom is 0.344 e. The predicted octanol–water partition coefficient (Wildman–Crippen LogP) is 6.55. The number of aryl methyl sites for hydroxylation is 1. The Bertz CT molecular complexity index is 1310. The third-order valence-corrected chi connectivity index (χ3v) is 6.27. The summed E-state index contributed by atoms with van der Waals surface area (Å²) in [5, 5.41) is 4.99. The maximum absolute atomic E-state index is 12.5. The number of methoxy groups -OCH3 is 1. The zero-order valence-corrected chi connectivity index (χ0v) is 20.3. The van der Waals surface area contributed by atoms with Crippen molar-refractivity contribution in [3.05, 3.63) is 93.3 Å². The minimum Gasteiger partial charge on any atom is -0.493 e. The molecule has 0 atom stereocenters. The SMILES string of the molecule is COc1cc(/C=N/Nc2nc(-c3ccccc3)c(C)s2)ccc1OC(=O)c1ccccc1Br. The monoisotopic (exact) mass is 521 g/mol. The Morgan fingerprint density at radius 3 is 2.58 bits per heavy atom. The maximum atomic E-state index is 12.5. The van der Waals surface area contributed by atoms with E-state index >= 15 is 0 Å². The molecule has 1 N–H and O–H groups in total. The molecule has 4 rings (SSSR count). The number of halogens is 1. The van der Waals surface area contributed by atoms with Crippen LogP contribution in [-0.4, -0.2) is 24.3 Å². The van der Waals surface area contributed by atoms with Gasteiger partial charge in [-0.25, -0.2) is 9.78 Å². The molecule has 33 heavy (non-hydrogen) atoms. The quantitative estimate of drug-likeness (QED) is 0.129. The summed E-state index contributed by atoms with van der Waals surface area (Å²) in [5.74, 6) is 0.277. The van der Waals surface area contributed by atoms with Gasteiger partial charge in [-0.15, -0.1) is 11.3 Å². The average Bonchev–Trinajstić information content (AvgIpc) is 3.21. The normalized spacial score (nSPS) is 10.9. The van der Waals surface area contributed by atoms with E-state index in [1.165, 1.54) is 18.4 Å². The van der Waals surface area contributed by atoms with Crippen molar-refractivity contribution in [3.63, 3.8) is 0 Å². The first-order chi connectivity index (χ1) is 16.0. The first-order valence-electron chi connectivity index (χ1n) is 10.0. The van der Waals surface area contributed by atoms with Gasteiger partial charge >= 0.3 is 5.97 Å². The van der Waals surface area contributed by atoms with Crippen molar-refractivity contribution in [1.29, 1.82) is 0 Å². The fraction of sp³-hybridized carbons (Fsp3) is 0.0800. The van der Waals surface area contributed by atoms with E-state index in [0.29, 0.717) is 26.7 Å². The summed E-state index contributed by atoms with van der Waals surface area (Å²) in [7, 11) is 1.52. The number of benzene rings is 3. The topological polar surface area (TPSA) is 72.8 Å². The van der Waals surface area contributed by atoms with Gasteiger partial charge in [0.2, 0.25) is 5.13 Å². The van der Waals surface area contributed by atoms with Crippen LogP contribution in [0.1, 0.15) is 20.8 Å². The first kappa shape index (κ1) is 22.7. The Kier molecular flexibility index (Phi) is 7.16. The second-order valence-electron chi connectivity index (χ2n) is 6.94. The molecule has 166 valence electrons. The average molecular weight is 522 g/mol. The number of esters is 1. The Labute approximate surface area is 204 Å². The molecule has 0 aliphatic heterocycles. The lowest BCUT2D eigenvalue weighted by molar-refractivity contribution is 0.0729. The van der Waals surface area contributed by atoms with Crippen LogP contribution in [0.5, 0.6) is 11.5 Å². The number of thiazole rings is 1. The number of nitrogens with one attached hydrogen (secondary N) is 1. The summed E-state index contributed by atoms with van der Waals surface area (Å²) in [5.41, 5.74) is 6.20. The predicted molar refractivity (Wildman–Crippen MR) is 136 cm³/mol. The van der Waals surface area contributed by atoms with Gasteiger partial charge in [0, 0.05) is 14.9 Å². The van der Waals surface area contributed by atoms with Gasteiger partial charge in [-0.05, 0) is 58.7 Å². The summed E-state index contributed by atoms with van der Waals surface area (Å²) in [4.78, 5) is 18.2. The van der Waals surface area contributed by atoms with Crippen LogP contribution in [0.25, 0.3) is 11.3 Å². The number of aromatic nitrogens is 1. The molecule has 1 aromatic heterocycles. The van der Waals surface area contributed by atoms with E-state index in [1.807, 2.05) is 43.3 Å². The summed E-state index contributed by atoms with van der Waals surface area (Å²) in [6.45, 7) is 2.04. The molecule has 0 bridgehead atoms. The Hall–Kier alpha value is -3.49. The second kappa shape index (κ2) is 10.4. The van der Waals surface area contributed by atoms with Crippen LogP contribution in [0, 0.1) is 6.92 Å². The third kappa shape index (κ3) is 5.47. The number of nitrogens with zero attached hydrogens (tertiary/aromatic N) is 2. The van der Waals surface area contributed by atoms with Gasteiger partial charge in [0.05, 0.1) is 24.6 Å². The van der Waals surface area contributed by atoms with Gasteiger partial charge in [-0.3, -0.25) is 5.43 Å². The van der Waals surface area contributed by atoms with Crippen LogP contribution < -0.4 is 14.9 Å². The van der Waals surface area contributed by atoms with Crippen LogP contribution in [0.3, 0.4) is 0 Å². The van der Waals surface area contributed by atoms with E-state index in [9.17, 15) is 4.79 Å². The van der Waals surface area contributed by atoms with Crippen LogP contribution in [0.2, 0.25) is 0 Å². The van der Waals surface area contributed by atoms with Crippen molar-refractivity contribution in [3.8, 4) is 22.8 Å². The molecule has 0 aliphatic rings. The van der Waals surface area contributed by atoms with Crippen molar-refractivity contribution < 1.29 is 14.3 Å². The lowest BCUT2D eigenvalue weighted by Crippen LogP contribution is -2.10. The molecular weight excluding hydrogens is 502 g/mol. The number of rotatable bonds is 7. The molecule has 8 heteroatoms. The molecule has 0 unspecified atom stereocenters. The summed E-state index contributed by atoms with van der Waals surface area (Å²) >= 11 is 4.90. The van der Waals surface area contributed by atoms with Crippen LogP contribution >= 0.6 is 27.3 Å². The van der Waals surface area contributed by atoms with Gasteiger partial charge in [-0.1, -0.05) is 42.5 Å². The third-order valence-electron chi connectivity index (χ3n) is 4.70. The highest BCUT2D eigenvalue weighted by Crippen LogP contribution is 2.31. The fourth-order valence-corrected chi connectivity index (χ4v) is 4.33. The van der Waals surface area contributed by atoms with Gasteiger partial charge < -0.3 is 9.47 Å². The Morgan fingerprint density at radius 2 is 1.82 bits per heavy atom. The van der Waals surface area contributed by atoms with Gasteiger partial charge in [0.25, 0.3) is 0 Å². The minimum atomic E-state index is -0.475. The lowest BCUT2D eigenvalue weighted by Gasteiger charge is -2.10. The van der Waals surface area contributed by atoms with E-state index in [0.717, 1.165) is 21.7 Å². The Balaban J connectivity index is 1.45. The molecular formula is C25H20BrN3O3S. The number of hydrogen-bond acceptors (Lipinski definition) is 7. The molecule has 6 nitrogen and oxygen atoms in total. The Morgan fingerprint density at radius 1 is 1.06 bits per heavy atom. The van der Waals surface area contributed by atoms with Crippen molar-refractivity contribution in [2.45, 2.75) is 6.92 Å². The molecule has 0 saturated heterocycles. The highest BCUT2D eigenvalue weighted by molar-refractivity contribution is 9.10. The molecule has 3 aromatic carbocycles. The highest BCUT2D eigenvalue weighted by Gasteiger charge is 2.15. The van der Waals surface area contributed by atoms with Crippen molar-refractivity contribution in [2.24, 2.45) is 5.10 Å². The molecule has 0 saturated carbocycles. The summed E-state index contributed by atoms with van der Waals surface area (Å²) in [6.07, 6.45) is 1.65. The summed E-state index contributed by atoms with van der Waals surface area (Å²) < 4.78 is 11.6. The molecule has 0 fully saturated rings. The van der Waals surface area contributed by atoms with Crippen molar-refractivity contribution in [1.82, 2.24) is 4.98 Å². The van der Waals surface area contributed by atoms with E-state index in [1.54, 1.807) is 42.6 Å². The largest absolute Gasteiger partial charge is 0.493 e. The van der Waals surface area contributed by atoms with Crippen LogP contribution in [0.15, 0.2) is 82.4 Å². The van der Waals surface area contributed by atoms with Gasteiger partial charge in [-0.2, -0.15) is 5.10 Å². The van der Waals surface area contributed by atoms with E-state index in [2.05, 4.69) is 31.4 Å².